The van der Waals surface area contributed by atoms with Gasteiger partial charge in [0.2, 0.25) is 5.91 Å². The fraction of sp³-hybridized carbons (Fsp3) is 0.588. The summed E-state index contributed by atoms with van der Waals surface area (Å²) in [7, 11) is 0. The Morgan fingerprint density at radius 2 is 1.62 bits per heavy atom. The first-order valence-electron chi connectivity index (χ1n) is 7.99. The van der Waals surface area contributed by atoms with Gasteiger partial charge < -0.3 is 9.80 Å². The van der Waals surface area contributed by atoms with Gasteiger partial charge in [-0.2, -0.15) is 0 Å². The molecule has 4 heteroatoms. The van der Waals surface area contributed by atoms with Crippen molar-refractivity contribution in [2.45, 2.75) is 32.1 Å². The second kappa shape index (κ2) is 6.82. The average Bonchev–Trinajstić information content (AvgIpc) is 2.73. The van der Waals surface area contributed by atoms with Crippen LogP contribution in [0.1, 0.15) is 32.1 Å². The molecule has 1 aromatic rings. The molecule has 1 aromatic carbocycles. The van der Waals surface area contributed by atoms with E-state index in [2.05, 4.69) is 45.1 Å². The molecule has 0 bridgehead atoms. The lowest BCUT2D eigenvalue weighted by molar-refractivity contribution is -0.117. The average molecular weight is 351 g/mol. The maximum Gasteiger partial charge on any atom is 0.227 e. The van der Waals surface area contributed by atoms with E-state index in [0.29, 0.717) is 12.3 Å². The Labute approximate surface area is 135 Å². The molecule has 2 saturated heterocycles. The second-order valence-electron chi connectivity index (χ2n) is 6.15. The van der Waals surface area contributed by atoms with Crippen molar-refractivity contribution in [3.8, 4) is 0 Å². The van der Waals surface area contributed by atoms with Gasteiger partial charge in [0.25, 0.3) is 0 Å². The normalized spacial score (nSPS) is 23.5. The standard InChI is InChI=1S/C17H23BrN2O/c18-12-14-11-17(21)20(13-14)16-7-5-15(6-8-16)19-9-3-1-2-4-10-19/h5-8,14H,1-4,9-13H2. The molecule has 114 valence electrons. The summed E-state index contributed by atoms with van der Waals surface area (Å²) in [5.41, 5.74) is 2.34. The van der Waals surface area contributed by atoms with E-state index in [9.17, 15) is 4.79 Å². The molecule has 2 fully saturated rings. The molecule has 2 heterocycles. The van der Waals surface area contributed by atoms with E-state index in [1.54, 1.807) is 0 Å². The molecule has 1 unspecified atom stereocenters. The van der Waals surface area contributed by atoms with Gasteiger partial charge in [-0.3, -0.25) is 4.79 Å². The van der Waals surface area contributed by atoms with Crippen LogP contribution >= 0.6 is 15.9 Å². The van der Waals surface area contributed by atoms with E-state index in [1.807, 2.05) is 4.90 Å². The van der Waals surface area contributed by atoms with E-state index in [1.165, 1.54) is 31.4 Å². The molecule has 1 atom stereocenters. The van der Waals surface area contributed by atoms with Crippen molar-refractivity contribution in [1.82, 2.24) is 0 Å². The van der Waals surface area contributed by atoms with Crippen LogP contribution in [0.3, 0.4) is 0 Å². The lowest BCUT2D eigenvalue weighted by Crippen LogP contribution is -2.25. The Morgan fingerprint density at radius 3 is 2.19 bits per heavy atom. The smallest absolute Gasteiger partial charge is 0.227 e. The molecule has 3 nitrogen and oxygen atoms in total. The van der Waals surface area contributed by atoms with E-state index in [4.69, 9.17) is 0 Å². The topological polar surface area (TPSA) is 23.6 Å². The van der Waals surface area contributed by atoms with Crippen LogP contribution in [0.15, 0.2) is 24.3 Å². The zero-order chi connectivity index (χ0) is 14.7. The monoisotopic (exact) mass is 350 g/mol. The Hall–Kier alpha value is -1.03. The highest BCUT2D eigenvalue weighted by atomic mass is 79.9. The Bertz CT molecular complexity index is 480. The molecule has 3 rings (SSSR count). The first kappa shape index (κ1) is 14.9. The largest absolute Gasteiger partial charge is 0.372 e. The minimum Gasteiger partial charge on any atom is -0.372 e. The SMILES string of the molecule is O=C1CC(CBr)CN1c1ccc(N2CCCCCC2)cc1. The number of nitrogens with zero attached hydrogens (tertiary/aromatic N) is 2. The van der Waals surface area contributed by atoms with Crippen LogP contribution in [0.5, 0.6) is 0 Å². The number of halogens is 1. The van der Waals surface area contributed by atoms with Crippen molar-refractivity contribution >= 4 is 33.2 Å². The van der Waals surface area contributed by atoms with Gasteiger partial charge in [0.1, 0.15) is 0 Å². The number of rotatable bonds is 3. The minimum absolute atomic E-state index is 0.252. The number of benzene rings is 1. The van der Waals surface area contributed by atoms with Gasteiger partial charge in [0, 0.05) is 42.8 Å². The summed E-state index contributed by atoms with van der Waals surface area (Å²) in [6.07, 6.45) is 5.95. The van der Waals surface area contributed by atoms with Gasteiger partial charge in [-0.05, 0) is 43.0 Å². The summed E-state index contributed by atoms with van der Waals surface area (Å²) < 4.78 is 0. The van der Waals surface area contributed by atoms with Gasteiger partial charge in [0.05, 0.1) is 0 Å². The van der Waals surface area contributed by atoms with Crippen molar-refractivity contribution < 1.29 is 4.79 Å². The van der Waals surface area contributed by atoms with Gasteiger partial charge in [-0.15, -0.1) is 0 Å². The molecule has 2 aliphatic rings. The molecule has 0 aromatic heterocycles. The summed E-state index contributed by atoms with van der Waals surface area (Å²) in [5, 5.41) is 0.904. The molecule has 21 heavy (non-hydrogen) atoms. The van der Waals surface area contributed by atoms with Crippen LogP contribution in [0, 0.1) is 5.92 Å². The van der Waals surface area contributed by atoms with Crippen molar-refractivity contribution in [1.29, 1.82) is 0 Å². The maximum atomic E-state index is 12.1. The van der Waals surface area contributed by atoms with Gasteiger partial charge in [-0.25, -0.2) is 0 Å². The number of hydrogen-bond donors (Lipinski definition) is 0. The fourth-order valence-electron chi connectivity index (χ4n) is 3.31. The van der Waals surface area contributed by atoms with Crippen LogP contribution in [0.4, 0.5) is 11.4 Å². The third kappa shape index (κ3) is 3.42. The zero-order valence-corrected chi connectivity index (χ0v) is 14.0. The first-order chi connectivity index (χ1) is 10.3. The summed E-state index contributed by atoms with van der Waals surface area (Å²) in [4.78, 5) is 16.5. The lowest BCUT2D eigenvalue weighted by atomic mass is 10.2. The Morgan fingerprint density at radius 1 is 1.00 bits per heavy atom. The summed E-state index contributed by atoms with van der Waals surface area (Å²) >= 11 is 3.49. The molecule has 0 N–H and O–H groups in total. The van der Waals surface area contributed by atoms with Crippen LogP contribution in [0.25, 0.3) is 0 Å². The molecule has 0 aliphatic carbocycles. The van der Waals surface area contributed by atoms with Crippen molar-refractivity contribution in [3.63, 3.8) is 0 Å². The predicted octanol–water partition coefficient (Wildman–Crippen LogP) is 3.81. The Kier molecular flexibility index (Phi) is 4.84. The number of hydrogen-bond acceptors (Lipinski definition) is 2. The van der Waals surface area contributed by atoms with Crippen LogP contribution in [-0.4, -0.2) is 30.9 Å². The van der Waals surface area contributed by atoms with Crippen molar-refractivity contribution in [2.24, 2.45) is 5.92 Å². The summed E-state index contributed by atoms with van der Waals surface area (Å²) in [5.74, 6) is 0.699. The number of carbonyl (C=O) groups is 1. The third-order valence-electron chi connectivity index (χ3n) is 4.56. The predicted molar refractivity (Wildman–Crippen MR) is 91.4 cm³/mol. The zero-order valence-electron chi connectivity index (χ0n) is 12.4. The minimum atomic E-state index is 0.252. The quantitative estimate of drug-likeness (QED) is 0.773. The van der Waals surface area contributed by atoms with Crippen molar-refractivity contribution in [3.05, 3.63) is 24.3 Å². The molecule has 1 amide bonds. The highest BCUT2D eigenvalue weighted by Gasteiger charge is 2.29. The van der Waals surface area contributed by atoms with Crippen LogP contribution in [-0.2, 0) is 4.79 Å². The first-order valence-corrected chi connectivity index (χ1v) is 9.11. The molecule has 0 spiro atoms. The second-order valence-corrected chi connectivity index (χ2v) is 6.79. The maximum absolute atomic E-state index is 12.1. The van der Waals surface area contributed by atoms with Crippen LogP contribution < -0.4 is 9.80 Å². The molecular weight excluding hydrogens is 328 g/mol. The van der Waals surface area contributed by atoms with Gasteiger partial charge in [0.15, 0.2) is 0 Å². The van der Waals surface area contributed by atoms with E-state index in [0.717, 1.165) is 30.7 Å². The van der Waals surface area contributed by atoms with Gasteiger partial charge >= 0.3 is 0 Å². The van der Waals surface area contributed by atoms with Crippen LogP contribution in [0.2, 0.25) is 0 Å². The Balaban J connectivity index is 1.70. The number of anilines is 2. The number of alkyl halides is 1. The molecule has 0 saturated carbocycles. The number of carbonyl (C=O) groups excluding carboxylic acids is 1. The van der Waals surface area contributed by atoms with Gasteiger partial charge in [-0.1, -0.05) is 28.8 Å². The third-order valence-corrected chi connectivity index (χ3v) is 5.47. The number of amides is 1. The molecular formula is C17H23BrN2O. The summed E-state index contributed by atoms with van der Waals surface area (Å²) in [6, 6.07) is 8.56. The molecule has 0 radical (unpaired) electrons. The fourth-order valence-corrected chi connectivity index (χ4v) is 3.74. The highest BCUT2D eigenvalue weighted by Crippen LogP contribution is 2.28. The lowest BCUT2D eigenvalue weighted by Gasteiger charge is -2.24. The van der Waals surface area contributed by atoms with Crippen molar-refractivity contribution in [2.75, 3.05) is 34.8 Å². The van der Waals surface area contributed by atoms with E-state index in [-0.39, 0.29) is 5.91 Å². The highest BCUT2D eigenvalue weighted by molar-refractivity contribution is 9.09. The van der Waals surface area contributed by atoms with E-state index < -0.39 is 0 Å². The molecule has 2 aliphatic heterocycles. The van der Waals surface area contributed by atoms with E-state index >= 15 is 0 Å². The summed E-state index contributed by atoms with van der Waals surface area (Å²) in [6.45, 7) is 3.16.